The number of amides is 3. The zero-order valence-corrected chi connectivity index (χ0v) is 26.0. The number of carbonyl (C=O) groups excluding carboxylic acids is 2. The van der Waals surface area contributed by atoms with Gasteiger partial charge in [0, 0.05) is 48.2 Å². The van der Waals surface area contributed by atoms with Crippen molar-refractivity contribution in [2.24, 2.45) is 0 Å². The van der Waals surface area contributed by atoms with Gasteiger partial charge < -0.3 is 24.8 Å². The molecule has 12 nitrogen and oxygen atoms in total. The van der Waals surface area contributed by atoms with Gasteiger partial charge in [0.05, 0.1) is 18.7 Å². The van der Waals surface area contributed by atoms with Crippen LogP contribution in [-0.2, 0) is 22.5 Å². The number of fused-ring (bicyclic) bond motifs is 3. The Morgan fingerprint density at radius 2 is 1.87 bits per heavy atom. The van der Waals surface area contributed by atoms with Crippen LogP contribution in [0.2, 0.25) is 0 Å². The van der Waals surface area contributed by atoms with Gasteiger partial charge in [0.2, 0.25) is 11.8 Å². The maximum Gasteiger partial charge on any atom is 0.412 e. The lowest BCUT2D eigenvalue weighted by Gasteiger charge is -2.29. The second-order valence-corrected chi connectivity index (χ2v) is 12.3. The SMILES string of the molecule is Cc1c(-c2cc3cc(Nc4ccc5c(c4)CN(C)C(=O)C5)ncc3c(NC(=O)OC(C)(C)C)c2F)cnc2c1N(C(=O)O)CCO2. The molecule has 0 saturated carbocycles. The minimum absolute atomic E-state index is 0.0656. The van der Waals surface area contributed by atoms with E-state index >= 15 is 4.39 Å². The van der Waals surface area contributed by atoms with E-state index < -0.39 is 23.6 Å². The van der Waals surface area contributed by atoms with E-state index in [0.29, 0.717) is 40.7 Å². The van der Waals surface area contributed by atoms with Crippen LogP contribution in [0.25, 0.3) is 21.9 Å². The number of carbonyl (C=O) groups is 3. The quantitative estimate of drug-likeness (QED) is 0.239. The first kappa shape index (κ1) is 30.6. The number of nitrogens with zero attached hydrogens (tertiary/aromatic N) is 4. The topological polar surface area (TPSA) is 146 Å². The Bertz CT molecular complexity index is 1920. The Balaban J connectivity index is 1.45. The lowest BCUT2D eigenvalue weighted by atomic mass is 9.96. The van der Waals surface area contributed by atoms with Gasteiger partial charge in [-0.3, -0.25) is 15.0 Å². The van der Waals surface area contributed by atoms with E-state index in [0.717, 1.165) is 21.7 Å². The van der Waals surface area contributed by atoms with E-state index in [1.54, 1.807) is 51.8 Å². The third-order valence-corrected chi connectivity index (χ3v) is 7.86. The minimum atomic E-state index is -1.18. The normalized spacial score (nSPS) is 14.3. The summed E-state index contributed by atoms with van der Waals surface area (Å²) in [6.07, 6.45) is 1.20. The molecule has 4 heterocycles. The number of benzene rings is 2. The fourth-order valence-corrected chi connectivity index (χ4v) is 5.68. The molecular formula is C33H33FN6O6. The first-order valence-corrected chi connectivity index (χ1v) is 14.7. The van der Waals surface area contributed by atoms with Crippen LogP contribution in [-0.4, -0.2) is 63.9 Å². The predicted molar refractivity (Wildman–Crippen MR) is 170 cm³/mol. The summed E-state index contributed by atoms with van der Waals surface area (Å²) in [5.74, 6) is -0.104. The number of hydrogen-bond acceptors (Lipinski definition) is 8. The van der Waals surface area contributed by atoms with Crippen LogP contribution in [0.3, 0.4) is 0 Å². The highest BCUT2D eigenvalue weighted by atomic mass is 19.1. The van der Waals surface area contributed by atoms with Crippen LogP contribution < -0.4 is 20.3 Å². The Labute approximate surface area is 264 Å². The third kappa shape index (κ3) is 5.83. The standard InChI is InChI=1S/C33H33FN6O6/c1-17-23(14-36-30-29(17)40(32(43)44)8-9-45-30)22-11-19-12-25(37-21-7-6-18-13-26(41)39(5)16-20(18)10-21)35-15-24(19)28(27(22)34)38-31(42)46-33(2,3)4/h6-7,10-12,14-15H,8-9,13,16H2,1-5H3,(H,35,37)(H,38,42)(H,43,44). The number of likely N-dealkylation sites (N-methyl/N-ethyl adjacent to an activating group) is 1. The zero-order valence-electron chi connectivity index (χ0n) is 26.0. The first-order valence-electron chi connectivity index (χ1n) is 14.7. The summed E-state index contributed by atoms with van der Waals surface area (Å²) in [5, 5.41) is 16.5. The fraction of sp³-hybridized carbons (Fsp3) is 0.303. The summed E-state index contributed by atoms with van der Waals surface area (Å²) in [5.41, 5.74) is 2.85. The molecule has 3 N–H and O–H groups in total. The maximum atomic E-state index is 16.5. The molecule has 0 radical (unpaired) electrons. The van der Waals surface area contributed by atoms with Crippen LogP contribution in [0, 0.1) is 12.7 Å². The van der Waals surface area contributed by atoms with Crippen molar-refractivity contribution in [2.75, 3.05) is 35.7 Å². The maximum absolute atomic E-state index is 16.5. The number of aromatic nitrogens is 2. The second-order valence-electron chi connectivity index (χ2n) is 12.3. The highest BCUT2D eigenvalue weighted by Crippen LogP contribution is 2.42. The second kappa shape index (κ2) is 11.5. The number of pyridine rings is 2. The number of anilines is 4. The van der Waals surface area contributed by atoms with Gasteiger partial charge in [-0.15, -0.1) is 0 Å². The van der Waals surface area contributed by atoms with E-state index in [1.807, 2.05) is 18.2 Å². The van der Waals surface area contributed by atoms with E-state index in [1.165, 1.54) is 12.4 Å². The Kier molecular flexibility index (Phi) is 7.62. The van der Waals surface area contributed by atoms with Crippen LogP contribution >= 0.6 is 0 Å². The average Bonchev–Trinajstić information content (AvgIpc) is 2.98. The van der Waals surface area contributed by atoms with Gasteiger partial charge >= 0.3 is 12.2 Å². The molecule has 0 spiro atoms. The van der Waals surface area contributed by atoms with Crippen molar-refractivity contribution < 1.29 is 33.4 Å². The molecule has 0 unspecified atom stereocenters. The van der Waals surface area contributed by atoms with Crippen molar-refractivity contribution in [3.8, 4) is 17.0 Å². The Morgan fingerprint density at radius 1 is 1.09 bits per heavy atom. The summed E-state index contributed by atoms with van der Waals surface area (Å²) >= 11 is 0. The number of ether oxygens (including phenoxy) is 2. The van der Waals surface area contributed by atoms with Gasteiger partial charge in [-0.1, -0.05) is 6.07 Å². The molecule has 6 rings (SSSR count). The molecule has 0 fully saturated rings. The lowest BCUT2D eigenvalue weighted by molar-refractivity contribution is -0.130. The number of rotatable bonds is 4. The highest BCUT2D eigenvalue weighted by molar-refractivity contribution is 6.04. The van der Waals surface area contributed by atoms with E-state index in [4.69, 9.17) is 9.47 Å². The molecule has 2 aliphatic heterocycles. The molecule has 3 amide bonds. The third-order valence-electron chi connectivity index (χ3n) is 7.86. The molecule has 2 aliphatic rings. The van der Waals surface area contributed by atoms with Gasteiger partial charge in [-0.25, -0.2) is 23.9 Å². The molecule has 46 heavy (non-hydrogen) atoms. The molecule has 2 aromatic heterocycles. The fourth-order valence-electron chi connectivity index (χ4n) is 5.68. The summed E-state index contributed by atoms with van der Waals surface area (Å²) in [4.78, 5) is 48.6. The molecule has 0 atom stereocenters. The monoisotopic (exact) mass is 628 g/mol. The molecule has 2 aromatic carbocycles. The Hall–Kier alpha value is -5.46. The van der Waals surface area contributed by atoms with E-state index in [-0.39, 0.29) is 41.9 Å². The summed E-state index contributed by atoms with van der Waals surface area (Å²) < 4.78 is 27.5. The molecule has 0 aliphatic carbocycles. The van der Waals surface area contributed by atoms with Crippen LogP contribution in [0.5, 0.6) is 5.88 Å². The number of hydrogen-bond donors (Lipinski definition) is 3. The summed E-state index contributed by atoms with van der Waals surface area (Å²) in [7, 11) is 1.77. The summed E-state index contributed by atoms with van der Waals surface area (Å²) in [6, 6.07) is 9.08. The number of halogens is 1. The largest absolute Gasteiger partial charge is 0.474 e. The minimum Gasteiger partial charge on any atom is -0.474 e. The van der Waals surface area contributed by atoms with Crippen molar-refractivity contribution in [1.82, 2.24) is 14.9 Å². The first-order chi connectivity index (χ1) is 21.8. The Morgan fingerprint density at radius 3 is 2.61 bits per heavy atom. The number of nitrogens with one attached hydrogen (secondary N) is 2. The average molecular weight is 629 g/mol. The van der Waals surface area contributed by atoms with Crippen LogP contribution in [0.4, 0.5) is 36.9 Å². The van der Waals surface area contributed by atoms with Crippen molar-refractivity contribution in [2.45, 2.75) is 46.3 Å². The van der Waals surface area contributed by atoms with Crippen molar-refractivity contribution >= 4 is 51.7 Å². The van der Waals surface area contributed by atoms with Crippen molar-refractivity contribution in [3.05, 3.63) is 65.2 Å². The van der Waals surface area contributed by atoms with Gasteiger partial charge in [0.1, 0.15) is 23.7 Å². The molecule has 4 aromatic rings. The molecule has 0 bridgehead atoms. The number of carboxylic acid groups (broad SMARTS) is 1. The van der Waals surface area contributed by atoms with Crippen LogP contribution in [0.15, 0.2) is 42.7 Å². The lowest BCUT2D eigenvalue weighted by Crippen LogP contribution is -2.37. The summed E-state index contributed by atoms with van der Waals surface area (Å²) in [6.45, 7) is 7.50. The van der Waals surface area contributed by atoms with Crippen molar-refractivity contribution in [1.29, 1.82) is 0 Å². The van der Waals surface area contributed by atoms with Gasteiger partial charge in [0.15, 0.2) is 5.82 Å². The smallest absolute Gasteiger partial charge is 0.412 e. The van der Waals surface area contributed by atoms with E-state index in [9.17, 15) is 19.5 Å². The van der Waals surface area contributed by atoms with Crippen molar-refractivity contribution in [3.63, 3.8) is 0 Å². The van der Waals surface area contributed by atoms with Gasteiger partial charge in [-0.05, 0) is 74.0 Å². The molecule has 13 heteroatoms. The highest BCUT2D eigenvalue weighted by Gasteiger charge is 2.30. The molecule has 238 valence electrons. The van der Waals surface area contributed by atoms with E-state index in [2.05, 4.69) is 20.6 Å². The van der Waals surface area contributed by atoms with Gasteiger partial charge in [-0.2, -0.15) is 0 Å². The van der Waals surface area contributed by atoms with Crippen LogP contribution in [0.1, 0.15) is 37.5 Å². The zero-order chi connectivity index (χ0) is 32.9. The molecule has 0 saturated heterocycles. The predicted octanol–water partition coefficient (Wildman–Crippen LogP) is 6.23. The van der Waals surface area contributed by atoms with Gasteiger partial charge in [0.25, 0.3) is 0 Å². The molecular weight excluding hydrogens is 595 g/mol.